The number of rotatable bonds is 3. The van der Waals surface area contributed by atoms with Crippen LogP contribution in [0.2, 0.25) is 0 Å². The zero-order valence-electron chi connectivity index (χ0n) is 12.4. The molecule has 0 aliphatic carbocycles. The number of nitrogens with one attached hydrogen (secondary N) is 1. The lowest BCUT2D eigenvalue weighted by atomic mass is 10.2. The van der Waals surface area contributed by atoms with E-state index in [1.165, 1.54) is 0 Å². The first-order valence-corrected chi connectivity index (χ1v) is 7.69. The van der Waals surface area contributed by atoms with Gasteiger partial charge >= 0.3 is 6.18 Å². The minimum Gasteiger partial charge on any atom is -0.350 e. The monoisotopic (exact) mass is 345 g/mol. The number of aromatic nitrogens is 3. The van der Waals surface area contributed by atoms with E-state index in [0.29, 0.717) is 30.1 Å². The number of aryl methyl sites for hydroxylation is 2. The van der Waals surface area contributed by atoms with Crippen molar-refractivity contribution in [2.24, 2.45) is 7.05 Å². The molecule has 1 atom stereocenters. The zero-order chi connectivity index (χ0) is 16.8. The van der Waals surface area contributed by atoms with Crippen molar-refractivity contribution in [3.63, 3.8) is 0 Å². The SMILES string of the molecule is Cc1cc(N2CC[C@@H](Nc3ncc(C(F)(F)F)s3)C2=O)n(C)n1. The molecule has 3 heterocycles. The summed E-state index contributed by atoms with van der Waals surface area (Å²) in [5.41, 5.74) is 0.793. The van der Waals surface area contributed by atoms with Gasteiger partial charge in [-0.3, -0.25) is 14.4 Å². The predicted octanol–water partition coefficient (Wildman–Crippen LogP) is 2.42. The Kier molecular flexibility index (Phi) is 3.78. The van der Waals surface area contributed by atoms with Gasteiger partial charge in [-0.15, -0.1) is 0 Å². The van der Waals surface area contributed by atoms with Gasteiger partial charge in [-0.05, 0) is 13.3 Å². The van der Waals surface area contributed by atoms with E-state index in [9.17, 15) is 18.0 Å². The molecular formula is C13H14F3N5OS. The van der Waals surface area contributed by atoms with Crippen LogP contribution in [0.15, 0.2) is 12.3 Å². The second kappa shape index (κ2) is 5.52. The fourth-order valence-corrected chi connectivity index (χ4v) is 3.25. The van der Waals surface area contributed by atoms with Gasteiger partial charge in [-0.2, -0.15) is 18.3 Å². The summed E-state index contributed by atoms with van der Waals surface area (Å²) in [5, 5.41) is 7.09. The van der Waals surface area contributed by atoms with Crippen molar-refractivity contribution in [2.75, 3.05) is 16.8 Å². The Morgan fingerprint density at radius 3 is 2.74 bits per heavy atom. The molecule has 2 aromatic rings. The van der Waals surface area contributed by atoms with Crippen LogP contribution >= 0.6 is 11.3 Å². The number of carbonyl (C=O) groups excluding carboxylic acids is 1. The Hall–Kier alpha value is -2.10. The standard InChI is InChI=1S/C13H14F3N5OS/c1-7-5-10(20(2)19-7)21-4-3-8(11(21)22)18-12-17-6-9(23-12)13(14,15)16/h5-6,8H,3-4H2,1-2H3,(H,17,18)/t8-/m1/s1. The van der Waals surface area contributed by atoms with Crippen LogP contribution in [0, 0.1) is 6.92 Å². The molecule has 1 amide bonds. The lowest BCUT2D eigenvalue weighted by molar-refractivity contribution is -0.134. The van der Waals surface area contributed by atoms with Gasteiger partial charge in [0.15, 0.2) is 5.13 Å². The van der Waals surface area contributed by atoms with Crippen molar-refractivity contribution in [1.29, 1.82) is 0 Å². The van der Waals surface area contributed by atoms with Gasteiger partial charge in [0.05, 0.1) is 11.9 Å². The number of nitrogens with zero attached hydrogens (tertiary/aromatic N) is 4. The largest absolute Gasteiger partial charge is 0.427 e. The molecule has 23 heavy (non-hydrogen) atoms. The molecule has 0 bridgehead atoms. The minimum absolute atomic E-state index is 0.0960. The molecule has 0 radical (unpaired) electrons. The van der Waals surface area contributed by atoms with Crippen molar-refractivity contribution >= 4 is 28.2 Å². The first-order valence-electron chi connectivity index (χ1n) is 6.87. The van der Waals surface area contributed by atoms with E-state index < -0.39 is 17.1 Å². The second-order valence-electron chi connectivity index (χ2n) is 5.27. The average Bonchev–Trinajstić information content (AvgIpc) is 3.12. The van der Waals surface area contributed by atoms with Crippen LogP contribution in [0.4, 0.5) is 24.1 Å². The second-order valence-corrected chi connectivity index (χ2v) is 6.30. The van der Waals surface area contributed by atoms with E-state index in [-0.39, 0.29) is 11.0 Å². The molecule has 0 saturated carbocycles. The van der Waals surface area contributed by atoms with E-state index >= 15 is 0 Å². The van der Waals surface area contributed by atoms with Crippen LogP contribution in [0.3, 0.4) is 0 Å². The predicted molar refractivity (Wildman–Crippen MR) is 79.4 cm³/mol. The maximum atomic E-state index is 12.6. The number of halogens is 3. The van der Waals surface area contributed by atoms with Gasteiger partial charge in [0, 0.05) is 19.7 Å². The van der Waals surface area contributed by atoms with Gasteiger partial charge < -0.3 is 5.32 Å². The van der Waals surface area contributed by atoms with Crippen LogP contribution in [-0.2, 0) is 18.0 Å². The quantitative estimate of drug-likeness (QED) is 0.928. The Bertz CT molecular complexity index is 738. The Morgan fingerprint density at radius 2 is 2.17 bits per heavy atom. The topological polar surface area (TPSA) is 63.1 Å². The molecule has 124 valence electrons. The molecular weight excluding hydrogens is 331 g/mol. The van der Waals surface area contributed by atoms with Crippen molar-refractivity contribution in [3.8, 4) is 0 Å². The molecule has 1 aliphatic heterocycles. The highest BCUT2D eigenvalue weighted by Gasteiger charge is 2.36. The molecule has 1 N–H and O–H groups in total. The van der Waals surface area contributed by atoms with Crippen LogP contribution < -0.4 is 10.2 Å². The molecule has 10 heteroatoms. The van der Waals surface area contributed by atoms with E-state index in [4.69, 9.17) is 0 Å². The Labute approximate surface area is 133 Å². The summed E-state index contributed by atoms with van der Waals surface area (Å²) in [7, 11) is 1.74. The summed E-state index contributed by atoms with van der Waals surface area (Å²) < 4.78 is 39.3. The molecule has 6 nitrogen and oxygen atoms in total. The van der Waals surface area contributed by atoms with Crippen molar-refractivity contribution in [1.82, 2.24) is 14.8 Å². The van der Waals surface area contributed by atoms with Crippen LogP contribution in [0.1, 0.15) is 17.0 Å². The number of alkyl halides is 3. The lowest BCUT2D eigenvalue weighted by Gasteiger charge is -2.16. The van der Waals surface area contributed by atoms with Gasteiger partial charge in [-0.1, -0.05) is 11.3 Å². The lowest BCUT2D eigenvalue weighted by Crippen LogP contribution is -2.34. The van der Waals surface area contributed by atoms with Crippen molar-refractivity contribution < 1.29 is 18.0 Å². The molecule has 1 saturated heterocycles. The smallest absolute Gasteiger partial charge is 0.350 e. The summed E-state index contributed by atoms with van der Waals surface area (Å²) >= 11 is 0.497. The number of amides is 1. The van der Waals surface area contributed by atoms with E-state index in [1.54, 1.807) is 22.7 Å². The van der Waals surface area contributed by atoms with Gasteiger partial charge in [0.1, 0.15) is 16.7 Å². The molecule has 2 aromatic heterocycles. The molecule has 1 aliphatic rings. The van der Waals surface area contributed by atoms with Crippen LogP contribution in [0.5, 0.6) is 0 Å². The number of anilines is 2. The molecule has 0 aromatic carbocycles. The Balaban J connectivity index is 1.72. The normalized spacial score (nSPS) is 18.7. The highest BCUT2D eigenvalue weighted by molar-refractivity contribution is 7.15. The third kappa shape index (κ3) is 3.03. The van der Waals surface area contributed by atoms with Crippen LogP contribution in [-0.4, -0.2) is 33.3 Å². The Morgan fingerprint density at radius 1 is 1.43 bits per heavy atom. The number of hydrogen-bond donors (Lipinski definition) is 1. The molecule has 3 rings (SSSR count). The van der Waals surface area contributed by atoms with E-state index in [2.05, 4.69) is 15.4 Å². The first-order chi connectivity index (χ1) is 10.8. The van der Waals surface area contributed by atoms with Gasteiger partial charge in [-0.25, -0.2) is 4.98 Å². The summed E-state index contributed by atoms with van der Waals surface area (Å²) in [6.45, 7) is 2.31. The van der Waals surface area contributed by atoms with E-state index in [0.717, 1.165) is 11.9 Å². The fourth-order valence-electron chi connectivity index (χ4n) is 2.51. The third-order valence-corrected chi connectivity index (χ3v) is 4.52. The van der Waals surface area contributed by atoms with E-state index in [1.807, 2.05) is 6.92 Å². The molecule has 0 spiro atoms. The van der Waals surface area contributed by atoms with Crippen molar-refractivity contribution in [3.05, 3.63) is 22.8 Å². The fraction of sp³-hybridized carbons (Fsp3) is 0.462. The minimum atomic E-state index is -4.42. The number of hydrogen-bond acceptors (Lipinski definition) is 5. The highest BCUT2D eigenvalue weighted by atomic mass is 32.1. The summed E-state index contributed by atoms with van der Waals surface area (Å²) in [4.78, 5) is 16.9. The third-order valence-electron chi connectivity index (χ3n) is 3.54. The highest BCUT2D eigenvalue weighted by Crippen LogP contribution is 2.35. The average molecular weight is 345 g/mol. The van der Waals surface area contributed by atoms with Gasteiger partial charge in [0.2, 0.25) is 0 Å². The van der Waals surface area contributed by atoms with Crippen molar-refractivity contribution in [2.45, 2.75) is 25.6 Å². The zero-order valence-corrected chi connectivity index (χ0v) is 13.2. The molecule has 1 fully saturated rings. The summed E-state index contributed by atoms with van der Waals surface area (Å²) in [5.74, 6) is 0.476. The number of carbonyl (C=O) groups is 1. The molecule has 0 unspecified atom stereocenters. The first kappa shape index (κ1) is 15.8. The van der Waals surface area contributed by atoms with Crippen LogP contribution in [0.25, 0.3) is 0 Å². The van der Waals surface area contributed by atoms with Gasteiger partial charge in [0.25, 0.3) is 5.91 Å². The summed E-state index contributed by atoms with van der Waals surface area (Å²) in [6.07, 6.45) is -3.16. The maximum absolute atomic E-state index is 12.6. The summed E-state index contributed by atoms with van der Waals surface area (Å²) in [6, 6.07) is 1.21. The number of thiazole rings is 1. The maximum Gasteiger partial charge on any atom is 0.427 e.